The molecule has 10 heteroatoms. The summed E-state index contributed by atoms with van der Waals surface area (Å²) in [7, 11) is 0. The normalized spacial score (nSPS) is 16.9. The van der Waals surface area contributed by atoms with Crippen LogP contribution in [0.15, 0.2) is 45.8 Å². The smallest absolute Gasteiger partial charge is 0.332 e. The molecule has 1 saturated heterocycles. The minimum absolute atomic E-state index is 0.0391. The van der Waals surface area contributed by atoms with Crippen LogP contribution in [0.4, 0.5) is 10.5 Å². The Hall–Kier alpha value is -3.53. The number of aliphatic hydroxyl groups is 1. The largest absolute Gasteiger partial charge is 0.390 e. The van der Waals surface area contributed by atoms with Gasteiger partial charge in [-0.3, -0.25) is 14.5 Å². The zero-order valence-electron chi connectivity index (χ0n) is 16.8. The minimum Gasteiger partial charge on any atom is -0.390 e. The van der Waals surface area contributed by atoms with E-state index in [1.807, 2.05) is 26.0 Å². The summed E-state index contributed by atoms with van der Waals surface area (Å²) in [6, 6.07) is -0.421. The van der Waals surface area contributed by atoms with Crippen LogP contribution < -0.4 is 4.90 Å². The van der Waals surface area contributed by atoms with Gasteiger partial charge in [0.1, 0.15) is 12.3 Å². The molecule has 10 nitrogen and oxygen atoms in total. The van der Waals surface area contributed by atoms with Crippen LogP contribution in [0, 0.1) is 13.8 Å². The summed E-state index contributed by atoms with van der Waals surface area (Å²) in [5.41, 5.74) is 3.26. The second-order valence-electron chi connectivity index (χ2n) is 7.16. The van der Waals surface area contributed by atoms with Crippen molar-refractivity contribution >= 4 is 23.3 Å². The maximum atomic E-state index is 12.9. The Kier molecular flexibility index (Phi) is 5.32. The number of carbonyl (C=O) groups excluding carboxylic acids is 2. The number of hydrogen-bond donors (Lipinski definition) is 1. The Bertz CT molecular complexity index is 1060. The van der Waals surface area contributed by atoms with Crippen LogP contribution in [0.25, 0.3) is 0 Å². The summed E-state index contributed by atoms with van der Waals surface area (Å²) < 4.78 is 6.81. The van der Waals surface area contributed by atoms with Crippen molar-refractivity contribution in [2.24, 2.45) is 4.99 Å². The number of urea groups is 1. The molecule has 4 heterocycles. The third-order valence-corrected chi connectivity index (χ3v) is 5.02. The Labute approximate surface area is 172 Å². The fraction of sp³-hybridized carbons (Fsp3) is 0.350. The average Bonchev–Trinajstić information content (AvgIpc) is 3.31. The van der Waals surface area contributed by atoms with Gasteiger partial charge in [-0.1, -0.05) is 17.3 Å². The van der Waals surface area contributed by atoms with Crippen molar-refractivity contribution in [2.45, 2.75) is 26.8 Å². The standard InChI is InChI=1S/C20H22N6O4/c1-13-18(14(2)30-23-13)10-25-9-17(7-21-25)26-19(28)11-24(20(26)29)8-15-5-3-4-6-16(12-27)22-15/h4-7,9,27H,3,8,10-12H2,1-2H3. The van der Waals surface area contributed by atoms with Gasteiger partial charge in [-0.05, 0) is 26.3 Å². The first-order valence-electron chi connectivity index (χ1n) is 9.56. The first kappa shape index (κ1) is 19.8. The van der Waals surface area contributed by atoms with Gasteiger partial charge in [0.25, 0.3) is 5.91 Å². The molecular formula is C20H22N6O4. The highest BCUT2D eigenvalue weighted by molar-refractivity contribution is 6.19. The van der Waals surface area contributed by atoms with Gasteiger partial charge in [-0.2, -0.15) is 5.10 Å². The van der Waals surface area contributed by atoms with Gasteiger partial charge in [0.2, 0.25) is 0 Å². The Morgan fingerprint density at radius 3 is 2.80 bits per heavy atom. The number of carbonyl (C=O) groups is 2. The molecule has 0 aromatic carbocycles. The summed E-state index contributed by atoms with van der Waals surface area (Å²) in [5.74, 6) is 0.383. The number of aromatic nitrogens is 3. The van der Waals surface area contributed by atoms with Crippen LogP contribution in [0.2, 0.25) is 0 Å². The SMILES string of the molecule is Cc1noc(C)c1Cn1cc(N2C(=O)CN(CC3=CCC=CC(CO)=N3)C2=O)cn1. The van der Waals surface area contributed by atoms with E-state index >= 15 is 0 Å². The lowest BCUT2D eigenvalue weighted by Gasteiger charge is -2.16. The van der Waals surface area contributed by atoms with E-state index in [0.29, 0.717) is 35.8 Å². The topological polar surface area (TPSA) is 117 Å². The van der Waals surface area contributed by atoms with Crippen LogP contribution in [0.1, 0.15) is 23.4 Å². The molecule has 0 saturated carbocycles. The molecule has 0 atom stereocenters. The number of aliphatic imine (C=N–C) groups is 1. The first-order chi connectivity index (χ1) is 14.5. The highest BCUT2D eigenvalue weighted by atomic mass is 16.5. The molecular weight excluding hydrogens is 388 g/mol. The van der Waals surface area contributed by atoms with Crippen molar-refractivity contribution < 1.29 is 19.2 Å². The van der Waals surface area contributed by atoms with Crippen molar-refractivity contribution in [3.05, 3.63) is 53.3 Å². The van der Waals surface area contributed by atoms with Crippen LogP contribution in [0.5, 0.6) is 0 Å². The fourth-order valence-corrected chi connectivity index (χ4v) is 3.43. The molecule has 4 rings (SSSR count). The molecule has 0 aliphatic carbocycles. The fourth-order valence-electron chi connectivity index (χ4n) is 3.43. The van der Waals surface area contributed by atoms with E-state index in [9.17, 15) is 14.7 Å². The molecule has 0 unspecified atom stereocenters. The number of aryl methyl sites for hydroxylation is 2. The lowest BCUT2D eigenvalue weighted by molar-refractivity contribution is -0.116. The van der Waals surface area contributed by atoms with Gasteiger partial charge in [-0.25, -0.2) is 9.69 Å². The molecule has 3 amide bonds. The predicted octanol–water partition coefficient (Wildman–Crippen LogP) is 1.58. The van der Waals surface area contributed by atoms with Crippen molar-refractivity contribution in [1.29, 1.82) is 0 Å². The third-order valence-electron chi connectivity index (χ3n) is 5.02. The van der Waals surface area contributed by atoms with E-state index in [0.717, 1.165) is 16.2 Å². The predicted molar refractivity (Wildman–Crippen MR) is 108 cm³/mol. The number of allylic oxidation sites excluding steroid dienone is 2. The van der Waals surface area contributed by atoms with Crippen LogP contribution in [-0.4, -0.2) is 62.3 Å². The quantitative estimate of drug-likeness (QED) is 0.723. The number of anilines is 1. The maximum absolute atomic E-state index is 12.9. The van der Waals surface area contributed by atoms with Crippen LogP contribution in [-0.2, 0) is 11.3 Å². The summed E-state index contributed by atoms with van der Waals surface area (Å²) in [4.78, 5) is 32.4. The number of aliphatic hydroxyl groups excluding tert-OH is 1. The van der Waals surface area contributed by atoms with Crippen molar-refractivity contribution in [1.82, 2.24) is 19.8 Å². The first-order valence-corrected chi connectivity index (χ1v) is 9.56. The summed E-state index contributed by atoms with van der Waals surface area (Å²) in [6.07, 6.45) is 9.31. The van der Waals surface area contributed by atoms with E-state index in [1.54, 1.807) is 17.0 Å². The highest BCUT2D eigenvalue weighted by Gasteiger charge is 2.38. The van der Waals surface area contributed by atoms with Gasteiger partial charge in [-0.15, -0.1) is 0 Å². The molecule has 1 fully saturated rings. The second kappa shape index (κ2) is 8.07. The second-order valence-corrected chi connectivity index (χ2v) is 7.16. The van der Waals surface area contributed by atoms with Crippen molar-refractivity contribution in [3.63, 3.8) is 0 Å². The number of amides is 3. The summed E-state index contributed by atoms with van der Waals surface area (Å²) in [5, 5.41) is 17.5. The molecule has 2 aromatic rings. The van der Waals surface area contributed by atoms with Gasteiger partial charge >= 0.3 is 6.03 Å². The molecule has 2 aliphatic rings. The Morgan fingerprint density at radius 1 is 1.23 bits per heavy atom. The van der Waals surface area contributed by atoms with Gasteiger partial charge < -0.3 is 14.5 Å². The summed E-state index contributed by atoms with van der Waals surface area (Å²) in [6.45, 7) is 4.08. The number of imide groups is 1. The van der Waals surface area contributed by atoms with E-state index in [2.05, 4.69) is 15.2 Å². The molecule has 0 spiro atoms. The lowest BCUT2D eigenvalue weighted by atomic mass is 10.2. The summed E-state index contributed by atoms with van der Waals surface area (Å²) >= 11 is 0. The monoisotopic (exact) mass is 410 g/mol. The molecule has 0 bridgehead atoms. The third kappa shape index (κ3) is 3.81. The molecule has 30 heavy (non-hydrogen) atoms. The van der Waals surface area contributed by atoms with Crippen LogP contribution >= 0.6 is 0 Å². The van der Waals surface area contributed by atoms with Gasteiger partial charge in [0.15, 0.2) is 0 Å². The van der Waals surface area contributed by atoms with Crippen molar-refractivity contribution in [3.8, 4) is 0 Å². The molecule has 2 aromatic heterocycles. The van der Waals surface area contributed by atoms with E-state index in [1.165, 1.54) is 11.1 Å². The van der Waals surface area contributed by atoms with E-state index in [4.69, 9.17) is 4.52 Å². The molecule has 0 radical (unpaired) electrons. The van der Waals surface area contributed by atoms with Crippen LogP contribution in [0.3, 0.4) is 0 Å². The zero-order chi connectivity index (χ0) is 21.3. The number of nitrogens with zero attached hydrogens (tertiary/aromatic N) is 6. The minimum atomic E-state index is -0.421. The average molecular weight is 410 g/mol. The Morgan fingerprint density at radius 2 is 2.07 bits per heavy atom. The zero-order valence-corrected chi connectivity index (χ0v) is 16.8. The van der Waals surface area contributed by atoms with Gasteiger partial charge in [0, 0.05) is 11.8 Å². The molecule has 156 valence electrons. The number of rotatable bonds is 6. The van der Waals surface area contributed by atoms with E-state index < -0.39 is 6.03 Å². The van der Waals surface area contributed by atoms with Gasteiger partial charge in [0.05, 0.1) is 48.7 Å². The maximum Gasteiger partial charge on any atom is 0.332 e. The van der Waals surface area contributed by atoms with E-state index in [-0.39, 0.29) is 25.6 Å². The Balaban J connectivity index is 1.48. The molecule has 2 aliphatic heterocycles. The highest BCUT2D eigenvalue weighted by Crippen LogP contribution is 2.23. The molecule has 1 N–H and O–H groups in total. The lowest BCUT2D eigenvalue weighted by Crippen LogP contribution is -2.33. The van der Waals surface area contributed by atoms with Crippen molar-refractivity contribution in [2.75, 3.05) is 24.6 Å². The number of hydrogen-bond acceptors (Lipinski definition) is 7.